The van der Waals surface area contributed by atoms with Gasteiger partial charge < -0.3 is 14.7 Å². The zero-order chi connectivity index (χ0) is 16.7. The first-order valence-corrected chi connectivity index (χ1v) is 8.49. The van der Waals surface area contributed by atoms with Crippen LogP contribution in [0.25, 0.3) is 10.9 Å². The molecule has 1 aliphatic heterocycles. The molecule has 2 atom stereocenters. The van der Waals surface area contributed by atoms with Crippen LogP contribution >= 0.6 is 0 Å². The molecule has 4 rings (SSSR count). The molecule has 24 heavy (non-hydrogen) atoms. The van der Waals surface area contributed by atoms with Crippen LogP contribution in [-0.2, 0) is 4.74 Å². The molecule has 0 bridgehead atoms. The van der Waals surface area contributed by atoms with E-state index in [1.807, 2.05) is 35.2 Å². The highest BCUT2D eigenvalue weighted by Crippen LogP contribution is 2.50. The fourth-order valence-electron chi connectivity index (χ4n) is 4.23. The van der Waals surface area contributed by atoms with Gasteiger partial charge in [0.1, 0.15) is 0 Å². The lowest BCUT2D eigenvalue weighted by Crippen LogP contribution is -2.62. The Morgan fingerprint density at radius 2 is 2.12 bits per heavy atom. The zero-order valence-corrected chi connectivity index (χ0v) is 13.8. The van der Waals surface area contributed by atoms with Crippen molar-refractivity contribution in [3.63, 3.8) is 0 Å². The molecular formula is C19H22N2O3. The van der Waals surface area contributed by atoms with Gasteiger partial charge in [-0.15, -0.1) is 0 Å². The Hall–Kier alpha value is -1.98. The summed E-state index contributed by atoms with van der Waals surface area (Å²) in [5, 5.41) is 11.2. The van der Waals surface area contributed by atoms with Crippen molar-refractivity contribution in [1.29, 1.82) is 0 Å². The van der Waals surface area contributed by atoms with E-state index in [9.17, 15) is 9.90 Å². The third-order valence-electron chi connectivity index (χ3n) is 5.86. The lowest BCUT2D eigenvalue weighted by molar-refractivity contribution is -0.199. The largest absolute Gasteiger partial charge is 0.392 e. The molecule has 1 saturated carbocycles. The lowest BCUT2D eigenvalue weighted by atomic mass is 9.58. The normalized spacial score (nSPS) is 25.7. The number of hydrogen-bond donors (Lipinski definition) is 1. The summed E-state index contributed by atoms with van der Waals surface area (Å²) >= 11 is 0. The van der Waals surface area contributed by atoms with Gasteiger partial charge in [-0.3, -0.25) is 9.78 Å². The van der Waals surface area contributed by atoms with E-state index in [0.717, 1.165) is 23.7 Å². The molecule has 5 nitrogen and oxygen atoms in total. The van der Waals surface area contributed by atoms with Gasteiger partial charge in [-0.05, 0) is 37.1 Å². The highest BCUT2D eigenvalue weighted by atomic mass is 16.5. The van der Waals surface area contributed by atoms with E-state index < -0.39 is 0 Å². The van der Waals surface area contributed by atoms with Crippen molar-refractivity contribution in [3.05, 3.63) is 42.1 Å². The van der Waals surface area contributed by atoms with E-state index in [0.29, 0.717) is 25.1 Å². The minimum absolute atomic E-state index is 0.0541. The number of aromatic nitrogens is 1. The van der Waals surface area contributed by atoms with E-state index in [2.05, 4.69) is 4.98 Å². The molecule has 2 fully saturated rings. The number of likely N-dealkylation sites (tertiary alicyclic amines) is 1. The number of carbonyl (C=O) groups is 1. The van der Waals surface area contributed by atoms with Gasteiger partial charge in [-0.25, -0.2) is 0 Å². The second-order valence-electron chi connectivity index (χ2n) is 6.91. The van der Waals surface area contributed by atoms with E-state index in [1.54, 1.807) is 13.3 Å². The van der Waals surface area contributed by atoms with Gasteiger partial charge in [0.2, 0.25) is 0 Å². The fourth-order valence-corrected chi connectivity index (χ4v) is 4.23. The maximum absolute atomic E-state index is 12.8. The second-order valence-corrected chi connectivity index (χ2v) is 6.91. The Morgan fingerprint density at radius 1 is 1.33 bits per heavy atom. The summed E-state index contributed by atoms with van der Waals surface area (Å²) in [5.41, 5.74) is 1.44. The molecule has 126 valence electrons. The zero-order valence-electron chi connectivity index (χ0n) is 13.8. The lowest BCUT2D eigenvalue weighted by Gasteiger charge is -2.56. The molecule has 1 aliphatic carbocycles. The summed E-state index contributed by atoms with van der Waals surface area (Å²) in [6.45, 7) is 1.33. The Kier molecular flexibility index (Phi) is 3.77. The molecule has 1 spiro atoms. The number of ether oxygens (including phenoxy) is 1. The molecule has 2 aromatic rings. The Balaban J connectivity index is 1.49. The highest BCUT2D eigenvalue weighted by molar-refractivity contribution is 5.98. The highest BCUT2D eigenvalue weighted by Gasteiger charge is 2.56. The molecule has 5 heteroatoms. The average Bonchev–Trinajstić information content (AvgIpc) is 2.65. The summed E-state index contributed by atoms with van der Waals surface area (Å²) in [5.74, 6) is 0.0541. The Labute approximate surface area is 141 Å². The van der Waals surface area contributed by atoms with Crippen LogP contribution in [0.2, 0.25) is 0 Å². The molecule has 1 amide bonds. The van der Waals surface area contributed by atoms with Gasteiger partial charge in [-0.1, -0.05) is 6.07 Å². The number of hydrogen-bond acceptors (Lipinski definition) is 4. The molecule has 2 aliphatic rings. The van der Waals surface area contributed by atoms with E-state index >= 15 is 0 Å². The fraction of sp³-hybridized carbons (Fsp3) is 0.474. The second kappa shape index (κ2) is 5.83. The topological polar surface area (TPSA) is 62.7 Å². The van der Waals surface area contributed by atoms with E-state index in [-0.39, 0.29) is 23.5 Å². The minimum Gasteiger partial charge on any atom is -0.392 e. The maximum Gasteiger partial charge on any atom is 0.253 e. The molecule has 1 N–H and O–H groups in total. The van der Waals surface area contributed by atoms with Crippen molar-refractivity contribution in [2.75, 3.05) is 20.2 Å². The summed E-state index contributed by atoms with van der Waals surface area (Å²) in [6.07, 6.45) is 3.88. The number of aliphatic hydroxyl groups excluding tert-OH is 1. The van der Waals surface area contributed by atoms with Gasteiger partial charge in [0, 0.05) is 49.2 Å². The Bertz CT molecular complexity index is 768. The number of piperidine rings is 1. The first-order valence-electron chi connectivity index (χ1n) is 8.49. The summed E-state index contributed by atoms with van der Waals surface area (Å²) in [6, 6.07) is 9.50. The van der Waals surface area contributed by atoms with Crippen LogP contribution in [0, 0.1) is 5.41 Å². The summed E-state index contributed by atoms with van der Waals surface area (Å²) in [7, 11) is 1.71. The molecule has 0 radical (unpaired) electrons. The van der Waals surface area contributed by atoms with Crippen molar-refractivity contribution in [1.82, 2.24) is 9.88 Å². The molecule has 1 aromatic carbocycles. The van der Waals surface area contributed by atoms with Crippen molar-refractivity contribution in [2.45, 2.75) is 31.5 Å². The monoisotopic (exact) mass is 326 g/mol. The van der Waals surface area contributed by atoms with Crippen LogP contribution in [0.15, 0.2) is 36.5 Å². The third kappa shape index (κ3) is 2.31. The number of methoxy groups -OCH3 is 1. The van der Waals surface area contributed by atoms with Crippen molar-refractivity contribution in [2.24, 2.45) is 5.41 Å². The first kappa shape index (κ1) is 15.5. The number of pyridine rings is 1. The van der Waals surface area contributed by atoms with Gasteiger partial charge in [0.05, 0.1) is 17.7 Å². The quantitative estimate of drug-likeness (QED) is 0.919. The van der Waals surface area contributed by atoms with Gasteiger partial charge in [0.15, 0.2) is 0 Å². The smallest absolute Gasteiger partial charge is 0.253 e. The van der Waals surface area contributed by atoms with Crippen LogP contribution in [0.5, 0.6) is 0 Å². The number of rotatable bonds is 2. The number of amides is 1. The SMILES string of the molecule is CO[C@H]1C[C@@H](O)C12CCN(C(=O)c1ccc3ncccc3c1)CC2. The van der Waals surface area contributed by atoms with Gasteiger partial charge in [-0.2, -0.15) is 0 Å². The van der Waals surface area contributed by atoms with Crippen LogP contribution in [0.4, 0.5) is 0 Å². The van der Waals surface area contributed by atoms with Crippen LogP contribution in [0.1, 0.15) is 29.6 Å². The number of benzene rings is 1. The van der Waals surface area contributed by atoms with Gasteiger partial charge in [0.25, 0.3) is 5.91 Å². The third-order valence-corrected chi connectivity index (χ3v) is 5.86. The predicted octanol–water partition coefficient (Wildman–Crippen LogP) is 2.24. The van der Waals surface area contributed by atoms with Crippen LogP contribution in [-0.4, -0.2) is 53.3 Å². The van der Waals surface area contributed by atoms with Crippen molar-refractivity contribution in [3.8, 4) is 0 Å². The molecule has 2 heterocycles. The van der Waals surface area contributed by atoms with E-state index in [1.165, 1.54) is 0 Å². The van der Waals surface area contributed by atoms with Crippen LogP contribution < -0.4 is 0 Å². The standard InChI is InChI=1S/C19H22N2O3/c1-24-17-12-16(22)19(17)6-9-21(10-7-19)18(23)14-4-5-15-13(11-14)3-2-8-20-15/h2-5,8,11,16-17,22H,6-7,9-10,12H2,1H3/t16-,17+/m1/s1. The van der Waals surface area contributed by atoms with Crippen LogP contribution in [0.3, 0.4) is 0 Å². The molecular weight excluding hydrogens is 304 g/mol. The van der Waals surface area contributed by atoms with Gasteiger partial charge >= 0.3 is 0 Å². The predicted molar refractivity (Wildman–Crippen MR) is 90.7 cm³/mol. The minimum atomic E-state index is -0.300. The molecule has 1 aromatic heterocycles. The molecule has 1 saturated heterocycles. The average molecular weight is 326 g/mol. The Morgan fingerprint density at radius 3 is 2.83 bits per heavy atom. The maximum atomic E-state index is 12.8. The number of fused-ring (bicyclic) bond motifs is 1. The summed E-state index contributed by atoms with van der Waals surface area (Å²) < 4.78 is 5.51. The molecule has 0 unspecified atom stereocenters. The summed E-state index contributed by atoms with van der Waals surface area (Å²) in [4.78, 5) is 19.0. The number of carbonyl (C=O) groups excluding carboxylic acids is 1. The van der Waals surface area contributed by atoms with E-state index in [4.69, 9.17) is 4.74 Å². The number of aliphatic hydroxyl groups is 1. The first-order chi connectivity index (χ1) is 11.6. The van der Waals surface area contributed by atoms with Crippen molar-refractivity contribution < 1.29 is 14.6 Å². The van der Waals surface area contributed by atoms with Crippen molar-refractivity contribution >= 4 is 16.8 Å². The number of nitrogens with zero attached hydrogens (tertiary/aromatic N) is 2.